The molecule has 3 heterocycles. The fourth-order valence-corrected chi connectivity index (χ4v) is 47.3. The zero-order chi connectivity index (χ0) is 102. The number of carbonyl (C=O) groups excluding carboxylic acids is 3. The van der Waals surface area contributed by atoms with Crippen LogP contribution in [0.1, 0.15) is 272 Å². The minimum atomic E-state index is -5.25. The summed E-state index contributed by atoms with van der Waals surface area (Å²) in [6, 6.07) is 21.6. The van der Waals surface area contributed by atoms with Crippen molar-refractivity contribution in [2.75, 3.05) is 0 Å². The van der Waals surface area contributed by atoms with Crippen molar-refractivity contribution in [3.63, 3.8) is 0 Å². The predicted molar refractivity (Wildman–Crippen MR) is 587 cm³/mol. The number of rotatable bonds is 52. The van der Waals surface area contributed by atoms with E-state index in [-0.39, 0.29) is 55.1 Å². The predicted octanol–water partition coefficient (Wildman–Crippen LogP) is 31.0. The summed E-state index contributed by atoms with van der Waals surface area (Å²) in [4.78, 5) is 45.4. The van der Waals surface area contributed by atoms with Crippen LogP contribution in [-0.4, -0.2) is 190 Å². The number of allylic oxidation sites excluding steroid dienone is 13. The van der Waals surface area contributed by atoms with E-state index in [0.29, 0.717) is 80.5 Å². The summed E-state index contributed by atoms with van der Waals surface area (Å²) in [6.45, 7) is 72.8. The molecule has 788 valence electrons. The van der Waals surface area contributed by atoms with E-state index in [1.807, 2.05) is 72.9 Å². The van der Waals surface area contributed by atoms with Crippen LogP contribution in [0, 0.1) is 17.8 Å². The number of nitrogens with one attached hydrogen (secondary N) is 1. The van der Waals surface area contributed by atoms with Gasteiger partial charge in [0.25, 0.3) is 0 Å². The average Bonchev–Trinajstić information content (AvgIpc) is 0.772. The molecule has 3 aliphatic heterocycles. The molecule has 18 atom stereocenters. The molecule has 0 saturated carbocycles. The Morgan fingerprint density at radius 1 is 0.404 bits per heavy atom. The fourth-order valence-electron chi connectivity index (χ4n) is 21.3. The molecule has 17 nitrogen and oxygen atoms in total. The number of amides is 1. The first kappa shape index (κ1) is 128. The first-order valence-electron chi connectivity index (χ1n) is 54.9. The number of fused-ring (bicyclic) bond motifs is 2. The van der Waals surface area contributed by atoms with Gasteiger partial charge in [-0.3, -0.25) is 14.4 Å². The molecule has 0 aromatic heterocycles. The quantitative estimate of drug-likeness (QED) is 0.0344. The van der Waals surface area contributed by atoms with Gasteiger partial charge in [-0.05, 0) is 215 Å². The molecule has 29 heteroatoms. The van der Waals surface area contributed by atoms with Gasteiger partial charge in [-0.1, -0.05) is 292 Å². The highest BCUT2D eigenvalue weighted by Gasteiger charge is 2.56. The molecule has 0 aromatic carbocycles. The van der Waals surface area contributed by atoms with Gasteiger partial charge in [0.2, 0.25) is 0 Å². The minimum absolute atomic E-state index is 0.0107. The van der Waals surface area contributed by atoms with Crippen LogP contribution in [0.25, 0.3) is 0 Å². The molecule has 2 bridgehead atoms. The van der Waals surface area contributed by atoms with Gasteiger partial charge in [0.1, 0.15) is 24.1 Å². The lowest BCUT2D eigenvalue weighted by atomic mass is 9.83. The standard InChI is InChI=1S/C107H202F3NO16Si9/c1-33-61-76-94(112)100-97-81-89(118-105-104(127-136(58-26,59-27)60-28)101(111-106(114)107(108,109)110)103(88(32)116-105)126-135(55-23,56-24)57-25)75-73-71-69-67-65-63-62-64-66-68-70-72-74-85(29)102(125-134(52-20,53-21)54-22)86(30)87(31)115-99(113)84-93(121-130(40-8,41-9)42-10)79-90(119-128(34-2,35-3)36-4)77-78-95(122-131(43-11,44-12)45-13)96(123-132(46-14,47-15)48-16)83-92(120-129(37-5,38-6)39-7)80-91(117-97)82-98(100)124-133(49-17,50-18)51-19/h33,62-75,82,85-90,92-93,95-98,100-105H,1,34-61,76-81,83-84H2,2-32H3,(H,111,114)/b63-62+,66-64+,67-65+,70-68+,71-69+,74-72+,75-73+/t85-,86-,87-,88+,89-,90+,92+,93+,95+,96+,97-,98-,100-,101-,102+,103+,104-,105-/m0/s1. The van der Waals surface area contributed by atoms with E-state index in [4.69, 9.17) is 58.8 Å². The highest BCUT2D eigenvalue weighted by Crippen LogP contribution is 2.45. The van der Waals surface area contributed by atoms with E-state index >= 15 is 22.8 Å². The maximum atomic E-state index is 16.1. The van der Waals surface area contributed by atoms with E-state index in [1.165, 1.54) is 0 Å². The molecule has 0 aromatic rings. The summed E-state index contributed by atoms with van der Waals surface area (Å²) < 4.78 is 146. The average molecular weight is 2070 g/mol. The van der Waals surface area contributed by atoms with Crippen molar-refractivity contribution in [1.29, 1.82) is 0 Å². The molecule has 0 aliphatic carbocycles. The zero-order valence-electron chi connectivity index (χ0n) is 92.0. The first-order chi connectivity index (χ1) is 64.7. The van der Waals surface area contributed by atoms with E-state index in [9.17, 15) is 4.79 Å². The summed E-state index contributed by atoms with van der Waals surface area (Å²) in [5.41, 5.74) is 0. The molecule has 136 heavy (non-hydrogen) atoms. The number of cyclic esters (lactones) is 1. The van der Waals surface area contributed by atoms with Gasteiger partial charge in [-0.15, -0.1) is 6.58 Å². The number of hydrogen-bond acceptors (Lipinski definition) is 16. The van der Waals surface area contributed by atoms with Gasteiger partial charge >= 0.3 is 18.1 Å². The Morgan fingerprint density at radius 3 is 1.16 bits per heavy atom. The zero-order valence-corrected chi connectivity index (χ0v) is 101. The SMILES string of the molecule is C=CCCC(=O)[C@@H]1[C@@H](O[Si](CC)(CC)CC)C=C2C[C@@H](O[Si](CC)(CC)CC)C[C@@H](O[Si](CC)(CC)CC)[C@H](O[Si](CC)(CC)CC)CC[C@@H](O[Si](CC)(CC)CC)C[C@@H](O[Si](CC)(CC)CC)CC(=O)O[C@@H](C)[C@H](C)[C@H](O[Si](CC)(CC)CC)[C@@H](C)/C=C/C=C/C=C/C=C/C=C/C=C/C=C/[C@H](O[C@@H]3O[C@H](C)[C@@H](O[Si](CC)(CC)CC)[C@H](NC(=O)C(F)(F)F)[C@@H]3O[Si](CC)(CC)CC)C[C@@H]1O2. The Morgan fingerprint density at radius 2 is 0.757 bits per heavy atom. The van der Waals surface area contributed by atoms with Crippen LogP contribution in [0.3, 0.4) is 0 Å². The van der Waals surface area contributed by atoms with Crippen LogP contribution in [0.4, 0.5) is 13.2 Å². The molecule has 1 fully saturated rings. The summed E-state index contributed by atoms with van der Waals surface area (Å²) in [5.74, 6) is -2.80. The lowest BCUT2D eigenvalue weighted by Gasteiger charge is -2.51. The number of esters is 1. The third-order valence-electron chi connectivity index (χ3n) is 33.6. The van der Waals surface area contributed by atoms with Crippen LogP contribution in [0.15, 0.2) is 110 Å². The normalized spacial score (nSPS) is 28.0. The van der Waals surface area contributed by atoms with Crippen LogP contribution in [0.2, 0.25) is 163 Å². The Kier molecular flexibility index (Phi) is 59.7. The lowest BCUT2D eigenvalue weighted by molar-refractivity contribution is -0.276. The van der Waals surface area contributed by atoms with Gasteiger partial charge in [0.15, 0.2) is 81.1 Å². The molecular weight excluding hydrogens is 1860 g/mol. The van der Waals surface area contributed by atoms with Crippen LogP contribution < -0.4 is 5.32 Å². The molecule has 0 spiro atoms. The highest BCUT2D eigenvalue weighted by atomic mass is 28.4. The van der Waals surface area contributed by atoms with Crippen molar-refractivity contribution in [1.82, 2.24) is 5.32 Å². The van der Waals surface area contributed by atoms with Gasteiger partial charge in [-0.25, -0.2) is 0 Å². The fraction of sp³-hybridized carbons (Fsp3) is 0.804. The Balaban J connectivity index is 2.92. The highest BCUT2D eigenvalue weighted by molar-refractivity contribution is 6.77. The smallest absolute Gasteiger partial charge is 0.471 e. The summed E-state index contributed by atoms with van der Waals surface area (Å²) >= 11 is 0. The van der Waals surface area contributed by atoms with Crippen molar-refractivity contribution in [2.45, 2.75) is 533 Å². The summed E-state index contributed by atoms with van der Waals surface area (Å²) in [6.07, 6.45) is 19.7. The summed E-state index contributed by atoms with van der Waals surface area (Å²) in [7, 11) is -22.9. The van der Waals surface area contributed by atoms with Gasteiger partial charge in [-0.2, -0.15) is 13.2 Å². The molecule has 1 saturated heterocycles. The Bertz CT molecular complexity index is 3530. The number of hydrogen-bond donors (Lipinski definition) is 1. The monoisotopic (exact) mass is 2070 g/mol. The Hall–Kier alpha value is -2.63. The van der Waals surface area contributed by atoms with Gasteiger partial charge in [0, 0.05) is 37.7 Å². The molecule has 3 rings (SSSR count). The van der Waals surface area contributed by atoms with Crippen molar-refractivity contribution in [3.8, 4) is 0 Å². The molecular formula is C107H202F3NO16Si9. The van der Waals surface area contributed by atoms with E-state index in [2.05, 4.69) is 238 Å². The van der Waals surface area contributed by atoms with Crippen LogP contribution in [0.5, 0.6) is 0 Å². The maximum absolute atomic E-state index is 16.1. The van der Waals surface area contributed by atoms with Crippen LogP contribution >= 0.6 is 0 Å². The Labute approximate surface area is 839 Å². The van der Waals surface area contributed by atoms with Crippen molar-refractivity contribution >= 4 is 92.5 Å². The number of Topliss-reactive ketones (excluding diaryl/α,β-unsaturated/α-hetero) is 1. The van der Waals surface area contributed by atoms with E-state index < -0.39 is 172 Å². The van der Waals surface area contributed by atoms with Gasteiger partial charge in [0.05, 0.1) is 79.1 Å². The van der Waals surface area contributed by atoms with E-state index in [1.54, 1.807) is 13.0 Å². The minimum Gasteiger partial charge on any atom is -0.494 e. The van der Waals surface area contributed by atoms with E-state index in [0.717, 1.165) is 127 Å². The van der Waals surface area contributed by atoms with Crippen molar-refractivity contribution in [3.05, 3.63) is 110 Å². The molecule has 0 unspecified atom stereocenters. The van der Waals surface area contributed by atoms with Gasteiger partial charge < -0.3 is 64.1 Å². The van der Waals surface area contributed by atoms with Crippen molar-refractivity contribution in [2.24, 2.45) is 17.8 Å². The lowest BCUT2D eigenvalue weighted by Crippen LogP contribution is -2.69. The second-order valence-electron chi connectivity index (χ2n) is 39.8. The molecule has 1 N–H and O–H groups in total. The largest absolute Gasteiger partial charge is 0.494 e. The second-order valence-corrected chi connectivity index (χ2v) is 82.4. The third-order valence-corrected chi connectivity index (χ3v) is 75.6. The molecule has 1 amide bonds. The summed E-state index contributed by atoms with van der Waals surface area (Å²) in [5, 5.41) is 2.51. The molecule has 0 radical (unpaired) electrons. The van der Waals surface area contributed by atoms with Crippen LogP contribution in [-0.2, 0) is 73.2 Å². The second kappa shape index (κ2) is 63.7. The number of carbonyl (C=O) groups is 3. The number of halogens is 3. The number of ketones is 1. The maximum Gasteiger partial charge on any atom is 0.471 e. The topological polar surface area (TPSA) is 183 Å². The third kappa shape index (κ3) is 37.7. The number of ether oxygens (including phenoxy) is 4. The first-order valence-corrected chi connectivity index (χ1v) is 77.7. The van der Waals surface area contributed by atoms with Crippen molar-refractivity contribution < 1.29 is 86.3 Å². The molecule has 3 aliphatic rings. The number of alkyl halides is 3.